The maximum atomic E-state index is 5.91. The number of hydrogen-bond acceptors (Lipinski definition) is 3. The Morgan fingerprint density at radius 3 is 2.62 bits per heavy atom. The molecule has 0 radical (unpaired) electrons. The summed E-state index contributed by atoms with van der Waals surface area (Å²) in [5, 5.41) is 10.8. The molecule has 0 aliphatic carbocycles. The maximum Gasteiger partial charge on any atom is 0.191 e. The molecule has 2 rings (SSSR count). The Hall–Kier alpha value is -2.50. The number of hydrogen-bond donors (Lipinski definition) is 2. The van der Waals surface area contributed by atoms with Gasteiger partial charge in [0.1, 0.15) is 5.75 Å². The van der Waals surface area contributed by atoms with E-state index in [1.807, 2.05) is 31.6 Å². The van der Waals surface area contributed by atoms with Crippen LogP contribution in [0.25, 0.3) is 0 Å². The van der Waals surface area contributed by atoms with Crippen molar-refractivity contribution in [1.29, 1.82) is 0 Å². The lowest BCUT2D eigenvalue weighted by atomic mass is 10.1. The van der Waals surface area contributed by atoms with Gasteiger partial charge in [0.2, 0.25) is 0 Å². The van der Waals surface area contributed by atoms with Gasteiger partial charge in [0, 0.05) is 32.4 Å². The minimum absolute atomic E-state index is 0.146. The number of nitrogens with zero attached hydrogens (tertiary/aromatic N) is 3. The largest absolute Gasteiger partial charge is 0.491 e. The van der Waals surface area contributed by atoms with Crippen molar-refractivity contribution in [2.24, 2.45) is 12.0 Å². The number of guanidine groups is 1. The number of rotatable bonds is 6. The van der Waals surface area contributed by atoms with Crippen molar-refractivity contribution < 1.29 is 4.74 Å². The zero-order valence-electron chi connectivity index (χ0n) is 15.1. The lowest BCUT2D eigenvalue weighted by Crippen LogP contribution is -2.36. The van der Waals surface area contributed by atoms with E-state index in [4.69, 9.17) is 4.74 Å². The van der Waals surface area contributed by atoms with E-state index in [1.165, 1.54) is 5.56 Å². The molecule has 0 atom stereocenters. The molecule has 0 fully saturated rings. The molecule has 0 spiro atoms. The summed E-state index contributed by atoms with van der Waals surface area (Å²) in [4.78, 5) is 4.26. The van der Waals surface area contributed by atoms with E-state index in [2.05, 4.69) is 45.8 Å². The van der Waals surface area contributed by atoms with Crippen molar-refractivity contribution in [3.8, 4) is 5.75 Å². The van der Waals surface area contributed by atoms with Crippen molar-refractivity contribution >= 4 is 5.96 Å². The summed E-state index contributed by atoms with van der Waals surface area (Å²) in [6.45, 7) is 7.45. The van der Waals surface area contributed by atoms with Gasteiger partial charge >= 0.3 is 0 Å². The molecule has 0 saturated heterocycles. The number of ether oxygens (including phenoxy) is 1. The zero-order chi connectivity index (χ0) is 17.5. The first kappa shape index (κ1) is 17.8. The molecule has 1 heterocycles. The third kappa shape index (κ3) is 5.01. The quantitative estimate of drug-likeness (QED) is 0.631. The second-order valence-electron chi connectivity index (χ2n) is 6.00. The normalized spacial score (nSPS) is 11.7. The van der Waals surface area contributed by atoms with Gasteiger partial charge in [-0.1, -0.05) is 12.1 Å². The number of aliphatic imine (C=N–C) groups is 1. The van der Waals surface area contributed by atoms with Gasteiger partial charge in [-0.3, -0.25) is 9.67 Å². The standard InChI is InChI=1S/C18H27N5O/c1-13(2)24-17-10-14(3)6-7-15(17)11-20-18(19-4)21-12-16-8-9-22-23(16)5/h6-10,13H,11-12H2,1-5H3,(H2,19,20,21). The third-order valence-electron chi connectivity index (χ3n) is 3.61. The summed E-state index contributed by atoms with van der Waals surface area (Å²) in [5.41, 5.74) is 3.39. The van der Waals surface area contributed by atoms with Crippen molar-refractivity contribution in [2.75, 3.05) is 7.05 Å². The van der Waals surface area contributed by atoms with Crippen LogP contribution in [0.1, 0.15) is 30.7 Å². The smallest absolute Gasteiger partial charge is 0.191 e. The molecule has 0 amide bonds. The molecule has 2 N–H and O–H groups in total. The van der Waals surface area contributed by atoms with Gasteiger partial charge in [0.25, 0.3) is 0 Å². The fourth-order valence-electron chi connectivity index (χ4n) is 2.32. The average Bonchev–Trinajstić information content (AvgIpc) is 2.94. The molecule has 6 heteroatoms. The van der Waals surface area contributed by atoms with Crippen LogP contribution in [0.3, 0.4) is 0 Å². The van der Waals surface area contributed by atoms with E-state index in [9.17, 15) is 0 Å². The first-order valence-corrected chi connectivity index (χ1v) is 8.17. The molecule has 6 nitrogen and oxygen atoms in total. The minimum Gasteiger partial charge on any atom is -0.491 e. The lowest BCUT2D eigenvalue weighted by Gasteiger charge is -2.17. The van der Waals surface area contributed by atoms with E-state index in [0.29, 0.717) is 13.1 Å². The van der Waals surface area contributed by atoms with Gasteiger partial charge in [-0.2, -0.15) is 5.10 Å². The van der Waals surface area contributed by atoms with Gasteiger partial charge in [-0.15, -0.1) is 0 Å². The fraction of sp³-hybridized carbons (Fsp3) is 0.444. The van der Waals surface area contributed by atoms with E-state index in [1.54, 1.807) is 13.2 Å². The molecule has 1 aromatic heterocycles. The number of aromatic nitrogens is 2. The Morgan fingerprint density at radius 1 is 1.25 bits per heavy atom. The van der Waals surface area contributed by atoms with E-state index in [-0.39, 0.29) is 6.10 Å². The SMILES string of the molecule is CN=C(NCc1ccc(C)cc1OC(C)C)NCc1ccnn1C. The Balaban J connectivity index is 1.97. The van der Waals surface area contributed by atoms with Crippen molar-refractivity contribution in [2.45, 2.75) is 40.0 Å². The highest BCUT2D eigenvalue weighted by molar-refractivity contribution is 5.79. The van der Waals surface area contributed by atoms with Crippen LogP contribution in [0.5, 0.6) is 5.75 Å². The summed E-state index contributed by atoms with van der Waals surface area (Å²) >= 11 is 0. The van der Waals surface area contributed by atoms with Crippen LogP contribution >= 0.6 is 0 Å². The summed E-state index contributed by atoms with van der Waals surface area (Å²) in [6.07, 6.45) is 1.93. The highest BCUT2D eigenvalue weighted by Gasteiger charge is 2.08. The maximum absolute atomic E-state index is 5.91. The predicted octanol–water partition coefficient (Wildman–Crippen LogP) is 2.38. The average molecular weight is 329 g/mol. The number of benzene rings is 1. The van der Waals surface area contributed by atoms with Gasteiger partial charge in [-0.25, -0.2) is 0 Å². The third-order valence-corrected chi connectivity index (χ3v) is 3.61. The summed E-state index contributed by atoms with van der Waals surface area (Å²) < 4.78 is 7.76. The van der Waals surface area contributed by atoms with Crippen LogP contribution in [-0.2, 0) is 20.1 Å². The molecule has 0 aliphatic heterocycles. The molecule has 2 aromatic rings. The topological polar surface area (TPSA) is 63.5 Å². The molecule has 0 bridgehead atoms. The summed E-state index contributed by atoms with van der Waals surface area (Å²) in [6, 6.07) is 8.24. The highest BCUT2D eigenvalue weighted by atomic mass is 16.5. The van der Waals surface area contributed by atoms with Gasteiger partial charge < -0.3 is 15.4 Å². The van der Waals surface area contributed by atoms with Gasteiger partial charge in [0.05, 0.1) is 18.3 Å². The first-order chi connectivity index (χ1) is 11.5. The van der Waals surface area contributed by atoms with Crippen LogP contribution in [0.2, 0.25) is 0 Å². The predicted molar refractivity (Wildman–Crippen MR) is 97.2 cm³/mol. The molecule has 1 aromatic carbocycles. The Morgan fingerprint density at radius 2 is 2.00 bits per heavy atom. The van der Waals surface area contributed by atoms with Crippen LogP contribution in [0.4, 0.5) is 0 Å². The molecule has 0 aliphatic rings. The Kier molecular flexibility index (Phi) is 6.23. The Labute approximate surface area is 143 Å². The fourth-order valence-corrected chi connectivity index (χ4v) is 2.32. The highest BCUT2D eigenvalue weighted by Crippen LogP contribution is 2.21. The lowest BCUT2D eigenvalue weighted by molar-refractivity contribution is 0.239. The number of aryl methyl sites for hydroxylation is 2. The molecule has 130 valence electrons. The molecule has 0 unspecified atom stereocenters. The van der Waals surface area contributed by atoms with Crippen LogP contribution in [0.15, 0.2) is 35.5 Å². The van der Waals surface area contributed by atoms with Crippen LogP contribution < -0.4 is 15.4 Å². The van der Waals surface area contributed by atoms with E-state index in [0.717, 1.165) is 23.0 Å². The molecular weight excluding hydrogens is 302 g/mol. The first-order valence-electron chi connectivity index (χ1n) is 8.17. The second-order valence-corrected chi connectivity index (χ2v) is 6.00. The van der Waals surface area contributed by atoms with Crippen LogP contribution in [-0.4, -0.2) is 28.9 Å². The van der Waals surface area contributed by atoms with Gasteiger partial charge in [0.15, 0.2) is 5.96 Å². The number of nitrogens with one attached hydrogen (secondary N) is 2. The summed E-state index contributed by atoms with van der Waals surface area (Å²) in [7, 11) is 3.69. The van der Waals surface area contributed by atoms with Gasteiger partial charge in [-0.05, 0) is 38.5 Å². The van der Waals surface area contributed by atoms with E-state index >= 15 is 0 Å². The zero-order valence-corrected chi connectivity index (χ0v) is 15.1. The van der Waals surface area contributed by atoms with Crippen molar-refractivity contribution in [1.82, 2.24) is 20.4 Å². The summed E-state index contributed by atoms with van der Waals surface area (Å²) in [5.74, 6) is 1.66. The Bertz CT molecular complexity index is 690. The monoisotopic (exact) mass is 329 g/mol. The van der Waals surface area contributed by atoms with Crippen LogP contribution in [0, 0.1) is 6.92 Å². The van der Waals surface area contributed by atoms with Crippen molar-refractivity contribution in [3.63, 3.8) is 0 Å². The minimum atomic E-state index is 0.146. The second kappa shape index (κ2) is 8.38. The molecule has 0 saturated carbocycles. The molecule has 24 heavy (non-hydrogen) atoms. The van der Waals surface area contributed by atoms with E-state index < -0.39 is 0 Å². The molecular formula is C18H27N5O. The van der Waals surface area contributed by atoms with Crippen molar-refractivity contribution in [3.05, 3.63) is 47.3 Å².